The Morgan fingerprint density at radius 3 is 2.62 bits per heavy atom. The lowest BCUT2D eigenvalue weighted by Crippen LogP contribution is -2.02. The molecule has 0 saturated heterocycles. The predicted octanol–water partition coefficient (Wildman–Crippen LogP) is 3.59. The van der Waals surface area contributed by atoms with Gasteiger partial charge in [-0.2, -0.15) is 8.78 Å². The first kappa shape index (κ1) is 10.3. The number of benzene rings is 1. The zero-order chi connectivity index (χ0) is 9.84. The van der Waals surface area contributed by atoms with Crippen molar-refractivity contribution in [1.29, 1.82) is 0 Å². The average molecular weight is 207 g/mol. The molecule has 0 aromatic heterocycles. The van der Waals surface area contributed by atoms with Crippen molar-refractivity contribution in [2.45, 2.75) is 18.9 Å². The minimum Gasteiger partial charge on any atom is -0.435 e. The molecular formula is C9H9ClF2O. The van der Waals surface area contributed by atoms with E-state index in [0.29, 0.717) is 0 Å². The second-order valence-corrected chi connectivity index (χ2v) is 3.22. The summed E-state index contributed by atoms with van der Waals surface area (Å²) in [5.41, 5.74) is 0.764. The van der Waals surface area contributed by atoms with Crippen molar-refractivity contribution >= 4 is 11.6 Å². The standard InChI is InChI=1S/C9H9ClF2O/c1-6(10)7-3-2-4-8(5-7)13-9(11)12/h2-6,9H,1H3. The summed E-state index contributed by atoms with van der Waals surface area (Å²) >= 11 is 5.77. The van der Waals surface area contributed by atoms with Gasteiger partial charge >= 0.3 is 6.61 Å². The fourth-order valence-electron chi connectivity index (χ4n) is 0.938. The van der Waals surface area contributed by atoms with Crippen LogP contribution in [0.5, 0.6) is 5.75 Å². The van der Waals surface area contributed by atoms with Gasteiger partial charge in [0, 0.05) is 0 Å². The third-order valence-corrected chi connectivity index (χ3v) is 1.79. The van der Waals surface area contributed by atoms with E-state index in [0.717, 1.165) is 5.56 Å². The monoisotopic (exact) mass is 206 g/mol. The fourth-order valence-corrected chi connectivity index (χ4v) is 1.07. The molecule has 0 aliphatic carbocycles. The maximum Gasteiger partial charge on any atom is 0.387 e. The van der Waals surface area contributed by atoms with Crippen molar-refractivity contribution in [2.24, 2.45) is 0 Å². The van der Waals surface area contributed by atoms with E-state index in [-0.39, 0.29) is 11.1 Å². The van der Waals surface area contributed by atoms with E-state index in [1.165, 1.54) is 12.1 Å². The SMILES string of the molecule is CC(Cl)c1cccc(OC(F)F)c1. The lowest BCUT2D eigenvalue weighted by atomic mass is 10.1. The molecule has 1 aromatic carbocycles. The van der Waals surface area contributed by atoms with E-state index < -0.39 is 6.61 Å². The van der Waals surface area contributed by atoms with E-state index in [4.69, 9.17) is 11.6 Å². The Hall–Kier alpha value is -0.830. The first-order valence-corrected chi connectivity index (χ1v) is 4.22. The fraction of sp³-hybridized carbons (Fsp3) is 0.333. The Kier molecular flexibility index (Phi) is 3.48. The van der Waals surface area contributed by atoms with Crippen molar-refractivity contribution in [2.75, 3.05) is 0 Å². The Labute approximate surface area is 80.3 Å². The van der Waals surface area contributed by atoms with Gasteiger partial charge in [-0.05, 0) is 24.6 Å². The molecule has 72 valence electrons. The zero-order valence-corrected chi connectivity index (χ0v) is 7.76. The van der Waals surface area contributed by atoms with E-state index in [1.807, 2.05) is 0 Å². The molecule has 0 N–H and O–H groups in total. The van der Waals surface area contributed by atoms with Crippen LogP contribution in [0.2, 0.25) is 0 Å². The molecule has 0 saturated carbocycles. The summed E-state index contributed by atoms with van der Waals surface area (Å²) < 4.78 is 27.8. The van der Waals surface area contributed by atoms with Gasteiger partial charge in [-0.15, -0.1) is 11.6 Å². The summed E-state index contributed by atoms with van der Waals surface area (Å²) in [7, 11) is 0. The van der Waals surface area contributed by atoms with Gasteiger partial charge in [-0.25, -0.2) is 0 Å². The molecule has 0 aliphatic heterocycles. The van der Waals surface area contributed by atoms with Gasteiger partial charge in [0.1, 0.15) is 5.75 Å². The summed E-state index contributed by atoms with van der Waals surface area (Å²) in [5.74, 6) is 0.139. The van der Waals surface area contributed by atoms with Crippen molar-refractivity contribution < 1.29 is 13.5 Å². The molecule has 1 atom stereocenters. The maximum atomic E-state index is 11.8. The molecule has 1 nitrogen and oxygen atoms in total. The van der Waals surface area contributed by atoms with E-state index in [2.05, 4.69) is 4.74 Å². The number of hydrogen-bond donors (Lipinski definition) is 0. The van der Waals surface area contributed by atoms with Crippen molar-refractivity contribution in [1.82, 2.24) is 0 Å². The van der Waals surface area contributed by atoms with E-state index in [1.54, 1.807) is 19.1 Å². The first-order chi connectivity index (χ1) is 6.09. The summed E-state index contributed by atoms with van der Waals surface area (Å²) in [5, 5.41) is -0.207. The lowest BCUT2D eigenvalue weighted by Gasteiger charge is -2.07. The van der Waals surface area contributed by atoms with Gasteiger partial charge < -0.3 is 4.74 Å². The molecule has 1 rings (SSSR count). The predicted molar refractivity (Wildman–Crippen MR) is 47.3 cm³/mol. The van der Waals surface area contributed by atoms with Crippen molar-refractivity contribution in [3.05, 3.63) is 29.8 Å². The summed E-state index contributed by atoms with van der Waals surface area (Å²) in [6.45, 7) is -1.02. The maximum absolute atomic E-state index is 11.8. The molecule has 13 heavy (non-hydrogen) atoms. The second-order valence-electron chi connectivity index (χ2n) is 2.57. The Balaban J connectivity index is 2.79. The second kappa shape index (κ2) is 4.42. The van der Waals surface area contributed by atoms with Crippen LogP contribution >= 0.6 is 11.6 Å². The van der Waals surface area contributed by atoms with Crippen LogP contribution in [0.15, 0.2) is 24.3 Å². The topological polar surface area (TPSA) is 9.23 Å². The van der Waals surface area contributed by atoms with E-state index >= 15 is 0 Å². The first-order valence-electron chi connectivity index (χ1n) is 3.78. The van der Waals surface area contributed by atoms with Gasteiger partial charge in [-0.3, -0.25) is 0 Å². The number of alkyl halides is 3. The van der Waals surface area contributed by atoms with Crippen LogP contribution in [0.4, 0.5) is 8.78 Å². The molecule has 0 bridgehead atoms. The normalized spacial score (nSPS) is 13.0. The van der Waals surface area contributed by atoms with Gasteiger partial charge in [0.2, 0.25) is 0 Å². The number of hydrogen-bond acceptors (Lipinski definition) is 1. The summed E-state index contributed by atoms with van der Waals surface area (Å²) in [6, 6.07) is 6.36. The quantitative estimate of drug-likeness (QED) is 0.687. The van der Waals surface area contributed by atoms with Gasteiger partial charge in [0.15, 0.2) is 0 Å². The van der Waals surface area contributed by atoms with Gasteiger partial charge in [0.05, 0.1) is 5.38 Å². The highest BCUT2D eigenvalue weighted by molar-refractivity contribution is 6.20. The van der Waals surface area contributed by atoms with Crippen LogP contribution in [-0.4, -0.2) is 6.61 Å². The van der Waals surface area contributed by atoms with Crippen LogP contribution < -0.4 is 4.74 Å². The molecular weight excluding hydrogens is 198 g/mol. The molecule has 0 heterocycles. The zero-order valence-electron chi connectivity index (χ0n) is 7.01. The van der Waals surface area contributed by atoms with Crippen molar-refractivity contribution in [3.63, 3.8) is 0 Å². The lowest BCUT2D eigenvalue weighted by molar-refractivity contribution is -0.0498. The van der Waals surface area contributed by atoms with Crippen molar-refractivity contribution in [3.8, 4) is 5.75 Å². The molecule has 0 spiro atoms. The van der Waals surface area contributed by atoms with Crippen LogP contribution in [-0.2, 0) is 0 Å². The van der Waals surface area contributed by atoms with Crippen LogP contribution in [0.25, 0.3) is 0 Å². The molecule has 1 unspecified atom stereocenters. The van der Waals surface area contributed by atoms with Gasteiger partial charge in [-0.1, -0.05) is 12.1 Å². The Morgan fingerprint density at radius 2 is 2.08 bits per heavy atom. The summed E-state index contributed by atoms with van der Waals surface area (Å²) in [6.07, 6.45) is 0. The van der Waals surface area contributed by atoms with Crippen LogP contribution in [0, 0.1) is 0 Å². The van der Waals surface area contributed by atoms with Gasteiger partial charge in [0.25, 0.3) is 0 Å². The smallest absolute Gasteiger partial charge is 0.387 e. The third kappa shape index (κ3) is 3.19. The van der Waals surface area contributed by atoms with E-state index in [9.17, 15) is 8.78 Å². The highest BCUT2D eigenvalue weighted by Gasteiger charge is 2.06. The number of ether oxygens (including phenoxy) is 1. The number of halogens is 3. The molecule has 0 aliphatic rings. The molecule has 4 heteroatoms. The Morgan fingerprint density at radius 1 is 1.38 bits per heavy atom. The van der Waals surface area contributed by atoms with Crippen LogP contribution in [0.1, 0.15) is 17.9 Å². The molecule has 0 amide bonds. The molecule has 1 aromatic rings. The highest BCUT2D eigenvalue weighted by atomic mass is 35.5. The molecule has 0 fully saturated rings. The van der Waals surface area contributed by atoms with Crippen LogP contribution in [0.3, 0.4) is 0 Å². The Bertz CT molecular complexity index is 276. The number of rotatable bonds is 3. The minimum absolute atomic E-state index is 0.139. The molecule has 0 radical (unpaired) electrons. The largest absolute Gasteiger partial charge is 0.435 e. The minimum atomic E-state index is -2.79. The average Bonchev–Trinajstić information content (AvgIpc) is 2.03. The summed E-state index contributed by atoms with van der Waals surface area (Å²) in [4.78, 5) is 0. The highest BCUT2D eigenvalue weighted by Crippen LogP contribution is 2.24. The third-order valence-electron chi connectivity index (χ3n) is 1.54.